The number of ether oxygens (including phenoxy) is 1. The van der Waals surface area contributed by atoms with Crippen molar-refractivity contribution in [3.05, 3.63) is 51.6 Å². The minimum absolute atomic E-state index is 0.235. The van der Waals surface area contributed by atoms with E-state index in [9.17, 15) is 4.79 Å². The lowest BCUT2D eigenvalue weighted by Crippen LogP contribution is -2.14. The monoisotopic (exact) mass is 368 g/mol. The maximum atomic E-state index is 12.1. The molecule has 3 N–H and O–H groups in total. The first kappa shape index (κ1) is 13.7. The van der Waals surface area contributed by atoms with Gasteiger partial charge in [0, 0.05) is 21.0 Å². The Morgan fingerprint density at radius 1 is 1.21 bits per heavy atom. The molecule has 0 atom stereocenters. The van der Waals surface area contributed by atoms with Gasteiger partial charge >= 0.3 is 0 Å². The maximum absolute atomic E-state index is 12.1. The third kappa shape index (κ3) is 3.37. The number of rotatable bonds is 3. The van der Waals surface area contributed by atoms with Crippen LogP contribution in [0.3, 0.4) is 0 Å². The van der Waals surface area contributed by atoms with E-state index in [1.54, 1.807) is 25.3 Å². The number of halogens is 1. The molecule has 1 amide bonds. The van der Waals surface area contributed by atoms with Gasteiger partial charge in [-0.15, -0.1) is 0 Å². The molecule has 0 saturated heterocycles. The largest absolute Gasteiger partial charge is 0.497 e. The van der Waals surface area contributed by atoms with Crippen molar-refractivity contribution in [2.75, 3.05) is 18.2 Å². The minimum Gasteiger partial charge on any atom is -0.497 e. The number of hydrogen-bond donors (Lipinski definition) is 2. The number of benzene rings is 2. The van der Waals surface area contributed by atoms with E-state index >= 15 is 0 Å². The number of carbonyl (C=O) groups is 1. The Hall–Kier alpha value is -1.76. The Morgan fingerprint density at radius 2 is 1.89 bits per heavy atom. The van der Waals surface area contributed by atoms with Gasteiger partial charge in [0.2, 0.25) is 0 Å². The highest BCUT2D eigenvalue weighted by Crippen LogP contribution is 2.21. The van der Waals surface area contributed by atoms with Crippen LogP contribution < -0.4 is 15.8 Å². The predicted molar refractivity (Wildman–Crippen MR) is 84.5 cm³/mol. The number of carbonyl (C=O) groups excluding carboxylic acids is 1. The number of methoxy groups -OCH3 is 1. The van der Waals surface area contributed by atoms with Crippen molar-refractivity contribution in [1.29, 1.82) is 0 Å². The molecule has 0 spiro atoms. The molecule has 0 radical (unpaired) electrons. The van der Waals surface area contributed by atoms with E-state index in [-0.39, 0.29) is 5.91 Å². The van der Waals surface area contributed by atoms with Crippen molar-refractivity contribution in [3.63, 3.8) is 0 Å². The standard InChI is InChI=1S/C14H13IN2O2/c1-19-11-6-7-12(13(16)8-11)14(18)17-10-4-2-9(15)3-5-10/h2-8H,16H2,1H3,(H,17,18). The Labute approximate surface area is 125 Å². The van der Waals surface area contributed by atoms with Crippen LogP contribution in [0.5, 0.6) is 5.75 Å². The summed E-state index contributed by atoms with van der Waals surface area (Å²) < 4.78 is 6.16. The number of nitrogens with one attached hydrogen (secondary N) is 1. The molecule has 0 fully saturated rings. The second-order valence-corrected chi connectivity index (χ2v) is 5.16. The molecule has 0 aliphatic rings. The number of nitrogens with two attached hydrogens (primary N) is 1. The zero-order valence-electron chi connectivity index (χ0n) is 10.3. The average molecular weight is 368 g/mol. The third-order valence-corrected chi connectivity index (χ3v) is 3.32. The van der Waals surface area contributed by atoms with Crippen molar-refractivity contribution < 1.29 is 9.53 Å². The molecule has 4 nitrogen and oxygen atoms in total. The predicted octanol–water partition coefficient (Wildman–Crippen LogP) is 3.13. The van der Waals surface area contributed by atoms with Gasteiger partial charge in [-0.1, -0.05) is 0 Å². The molecular formula is C14H13IN2O2. The Bertz CT molecular complexity index is 597. The molecule has 2 rings (SSSR count). The first-order valence-corrected chi connectivity index (χ1v) is 6.68. The lowest BCUT2D eigenvalue weighted by molar-refractivity contribution is 0.102. The van der Waals surface area contributed by atoms with E-state index in [1.807, 2.05) is 24.3 Å². The van der Waals surface area contributed by atoms with E-state index < -0.39 is 0 Å². The van der Waals surface area contributed by atoms with Crippen LogP contribution >= 0.6 is 22.6 Å². The normalized spacial score (nSPS) is 10.0. The van der Waals surface area contributed by atoms with Gasteiger partial charge in [0.25, 0.3) is 5.91 Å². The summed E-state index contributed by atoms with van der Waals surface area (Å²) in [5, 5.41) is 2.80. The van der Waals surface area contributed by atoms with Crippen molar-refractivity contribution in [2.24, 2.45) is 0 Å². The Morgan fingerprint density at radius 3 is 2.47 bits per heavy atom. The minimum atomic E-state index is -0.235. The van der Waals surface area contributed by atoms with Crippen LogP contribution in [0.25, 0.3) is 0 Å². The maximum Gasteiger partial charge on any atom is 0.257 e. The molecule has 0 bridgehead atoms. The fraction of sp³-hybridized carbons (Fsp3) is 0.0714. The summed E-state index contributed by atoms with van der Waals surface area (Å²) in [6.45, 7) is 0. The van der Waals surface area contributed by atoms with E-state index in [2.05, 4.69) is 27.9 Å². The van der Waals surface area contributed by atoms with Crippen molar-refractivity contribution in [3.8, 4) is 5.75 Å². The van der Waals surface area contributed by atoms with Gasteiger partial charge in [0.05, 0.1) is 12.7 Å². The molecule has 2 aromatic rings. The molecule has 0 saturated carbocycles. The molecule has 0 aliphatic carbocycles. The summed E-state index contributed by atoms with van der Waals surface area (Å²) in [6, 6.07) is 12.5. The van der Waals surface area contributed by atoms with Crippen LogP contribution in [-0.4, -0.2) is 13.0 Å². The van der Waals surface area contributed by atoms with Crippen LogP contribution in [0.15, 0.2) is 42.5 Å². The van der Waals surface area contributed by atoms with Crippen molar-refractivity contribution in [1.82, 2.24) is 0 Å². The molecule has 0 aliphatic heterocycles. The fourth-order valence-corrected chi connectivity index (χ4v) is 1.97. The topological polar surface area (TPSA) is 64.3 Å². The second-order valence-electron chi connectivity index (χ2n) is 3.91. The van der Waals surface area contributed by atoms with Gasteiger partial charge in [0.15, 0.2) is 0 Å². The summed E-state index contributed by atoms with van der Waals surface area (Å²) in [7, 11) is 1.56. The molecule has 0 heterocycles. The van der Waals surface area contributed by atoms with Crippen LogP contribution in [0, 0.1) is 3.57 Å². The Kier molecular flexibility index (Phi) is 4.26. The lowest BCUT2D eigenvalue weighted by atomic mass is 10.1. The van der Waals surface area contributed by atoms with Gasteiger partial charge in [-0.2, -0.15) is 0 Å². The zero-order valence-corrected chi connectivity index (χ0v) is 12.5. The van der Waals surface area contributed by atoms with Gasteiger partial charge in [0.1, 0.15) is 5.75 Å². The molecule has 2 aromatic carbocycles. The molecule has 5 heteroatoms. The van der Waals surface area contributed by atoms with E-state index in [1.165, 1.54) is 0 Å². The van der Waals surface area contributed by atoms with Crippen molar-refractivity contribution in [2.45, 2.75) is 0 Å². The summed E-state index contributed by atoms with van der Waals surface area (Å²) in [5.74, 6) is 0.393. The summed E-state index contributed by atoms with van der Waals surface area (Å²) >= 11 is 2.21. The zero-order chi connectivity index (χ0) is 13.8. The highest BCUT2D eigenvalue weighted by atomic mass is 127. The lowest BCUT2D eigenvalue weighted by Gasteiger charge is -2.09. The fourth-order valence-electron chi connectivity index (χ4n) is 1.61. The second kappa shape index (κ2) is 5.92. The SMILES string of the molecule is COc1ccc(C(=O)Nc2ccc(I)cc2)c(N)c1. The Balaban J connectivity index is 2.18. The smallest absolute Gasteiger partial charge is 0.257 e. The van der Waals surface area contributed by atoms with Crippen LogP contribution in [-0.2, 0) is 0 Å². The quantitative estimate of drug-likeness (QED) is 0.646. The molecule has 0 unspecified atom stereocenters. The summed E-state index contributed by atoms with van der Waals surface area (Å²) in [6.07, 6.45) is 0. The molecule has 19 heavy (non-hydrogen) atoms. The summed E-state index contributed by atoms with van der Waals surface area (Å²) in [4.78, 5) is 12.1. The van der Waals surface area contributed by atoms with Gasteiger partial charge in [-0.05, 0) is 59.0 Å². The summed E-state index contributed by atoms with van der Waals surface area (Å²) in [5.41, 5.74) is 7.39. The van der Waals surface area contributed by atoms with Crippen molar-refractivity contribution >= 4 is 39.9 Å². The third-order valence-electron chi connectivity index (χ3n) is 2.61. The van der Waals surface area contributed by atoms with E-state index in [0.717, 1.165) is 9.26 Å². The average Bonchev–Trinajstić information content (AvgIpc) is 2.41. The molecule has 0 aromatic heterocycles. The van der Waals surface area contributed by atoms with Gasteiger partial charge in [-0.25, -0.2) is 0 Å². The highest BCUT2D eigenvalue weighted by Gasteiger charge is 2.10. The van der Waals surface area contributed by atoms with Crippen LogP contribution in [0.2, 0.25) is 0 Å². The molecule has 98 valence electrons. The first-order chi connectivity index (χ1) is 9.10. The van der Waals surface area contributed by atoms with Gasteiger partial charge in [-0.3, -0.25) is 4.79 Å². The number of anilines is 2. The number of nitrogen functional groups attached to an aromatic ring is 1. The van der Waals surface area contributed by atoms with E-state index in [4.69, 9.17) is 10.5 Å². The van der Waals surface area contributed by atoms with Gasteiger partial charge < -0.3 is 15.8 Å². The molecular weight excluding hydrogens is 355 g/mol. The number of hydrogen-bond acceptors (Lipinski definition) is 3. The van der Waals surface area contributed by atoms with Crippen LogP contribution in [0.4, 0.5) is 11.4 Å². The number of amides is 1. The highest BCUT2D eigenvalue weighted by molar-refractivity contribution is 14.1. The first-order valence-electron chi connectivity index (χ1n) is 5.60. The van der Waals surface area contributed by atoms with E-state index in [0.29, 0.717) is 17.0 Å². The van der Waals surface area contributed by atoms with Crippen LogP contribution in [0.1, 0.15) is 10.4 Å².